The Morgan fingerprint density at radius 2 is 1.76 bits per heavy atom. The summed E-state index contributed by atoms with van der Waals surface area (Å²) in [7, 11) is -2.60. The number of halogens is 1. The van der Waals surface area contributed by atoms with Gasteiger partial charge in [0, 0.05) is 10.6 Å². The summed E-state index contributed by atoms with van der Waals surface area (Å²) in [5.74, 6) is -0.0809. The van der Waals surface area contributed by atoms with Gasteiger partial charge in [-0.05, 0) is 77.2 Å². The topological polar surface area (TPSA) is 88.1 Å². The Hall–Kier alpha value is -3.88. The minimum Gasteiger partial charge on any atom is -0.497 e. The van der Waals surface area contributed by atoms with Crippen LogP contribution in [0.2, 0.25) is 5.02 Å². The van der Waals surface area contributed by atoms with Crippen LogP contribution in [0.3, 0.4) is 0 Å². The first-order valence-electron chi connectivity index (χ1n) is 11.6. The molecule has 5 rings (SSSR count). The molecule has 1 amide bonds. The fraction of sp³-hybridized carbons (Fsp3) is 0.143. The maximum Gasteiger partial charge on any atom is 0.264 e. The number of hydrazone groups is 1. The number of anilines is 1. The molecule has 0 bridgehead atoms. The van der Waals surface area contributed by atoms with Crippen LogP contribution in [-0.4, -0.2) is 34.2 Å². The number of aryl methyl sites for hydroxylation is 2. The standard InChI is InChI=1S/C28H24ClN3O4S/c1-36-24-12-14-25(15-13-24)37(34,35)32(23-6-3-5-22(29)16-23)18-27(33)31-30-17-21-11-10-20-9-8-19-4-2-7-26(21)28(19)20/h2-7,10-17H,8-9,18H2,1H3,(H,31,33)/b30-17-. The van der Waals surface area contributed by atoms with Crippen LogP contribution in [0.5, 0.6) is 5.75 Å². The third-order valence-corrected chi connectivity index (χ3v) is 8.36. The van der Waals surface area contributed by atoms with Crippen molar-refractivity contribution in [3.05, 3.63) is 101 Å². The lowest BCUT2D eigenvalue weighted by atomic mass is 10.0. The van der Waals surface area contributed by atoms with Crippen molar-refractivity contribution in [2.75, 3.05) is 18.0 Å². The molecule has 7 nitrogen and oxygen atoms in total. The molecule has 0 radical (unpaired) electrons. The van der Waals surface area contributed by atoms with E-state index in [0.717, 1.165) is 28.1 Å². The van der Waals surface area contributed by atoms with Crippen LogP contribution >= 0.6 is 11.6 Å². The molecule has 0 fully saturated rings. The molecule has 0 aliphatic heterocycles. The highest BCUT2D eigenvalue weighted by Crippen LogP contribution is 2.32. The van der Waals surface area contributed by atoms with Gasteiger partial charge in [-0.25, -0.2) is 13.8 Å². The van der Waals surface area contributed by atoms with Crippen molar-refractivity contribution >= 4 is 50.2 Å². The largest absolute Gasteiger partial charge is 0.497 e. The van der Waals surface area contributed by atoms with Crippen LogP contribution in [0, 0.1) is 0 Å². The zero-order valence-electron chi connectivity index (χ0n) is 20.0. The monoisotopic (exact) mass is 533 g/mol. The second-order valence-electron chi connectivity index (χ2n) is 8.61. The summed E-state index contributed by atoms with van der Waals surface area (Å²) >= 11 is 6.12. The maximum absolute atomic E-state index is 13.5. The first kappa shape index (κ1) is 24.8. The Morgan fingerprint density at radius 3 is 2.49 bits per heavy atom. The van der Waals surface area contributed by atoms with Crippen molar-refractivity contribution in [1.29, 1.82) is 0 Å². The first-order valence-corrected chi connectivity index (χ1v) is 13.5. The molecule has 0 spiro atoms. The van der Waals surface area contributed by atoms with E-state index in [9.17, 15) is 13.2 Å². The van der Waals surface area contributed by atoms with Crippen LogP contribution in [0.4, 0.5) is 5.69 Å². The summed E-state index contributed by atoms with van der Waals surface area (Å²) in [6.07, 6.45) is 3.62. The second-order valence-corrected chi connectivity index (χ2v) is 10.9. The van der Waals surface area contributed by atoms with E-state index < -0.39 is 22.5 Å². The minimum atomic E-state index is -4.09. The average molecular weight is 534 g/mol. The van der Waals surface area contributed by atoms with Crippen molar-refractivity contribution in [2.45, 2.75) is 17.7 Å². The zero-order chi connectivity index (χ0) is 26.0. The third kappa shape index (κ3) is 5.03. The number of rotatable bonds is 8. The summed E-state index contributed by atoms with van der Waals surface area (Å²) < 4.78 is 33.2. The van der Waals surface area contributed by atoms with Crippen molar-refractivity contribution in [2.24, 2.45) is 5.10 Å². The van der Waals surface area contributed by atoms with Gasteiger partial charge in [-0.3, -0.25) is 9.10 Å². The van der Waals surface area contributed by atoms with Gasteiger partial charge >= 0.3 is 0 Å². The average Bonchev–Trinajstić information content (AvgIpc) is 3.33. The van der Waals surface area contributed by atoms with Crippen molar-refractivity contribution in [3.8, 4) is 5.75 Å². The van der Waals surface area contributed by atoms with Crippen LogP contribution in [-0.2, 0) is 27.7 Å². The lowest BCUT2D eigenvalue weighted by Crippen LogP contribution is -2.39. The minimum absolute atomic E-state index is 0.0115. The number of carbonyl (C=O) groups excluding carboxylic acids is 1. The SMILES string of the molecule is COc1ccc(S(=O)(=O)N(CC(=O)N/N=C\c2ccc3c4c(cccc24)CC3)c2cccc(Cl)c2)cc1. The predicted octanol–water partition coefficient (Wildman–Crippen LogP) is 4.95. The van der Waals surface area contributed by atoms with Gasteiger partial charge in [-0.1, -0.05) is 48.0 Å². The van der Waals surface area contributed by atoms with Gasteiger partial charge in [0.15, 0.2) is 0 Å². The van der Waals surface area contributed by atoms with E-state index in [-0.39, 0.29) is 10.6 Å². The summed E-state index contributed by atoms with van der Waals surface area (Å²) in [6.45, 7) is -0.490. The van der Waals surface area contributed by atoms with E-state index in [1.165, 1.54) is 41.8 Å². The smallest absolute Gasteiger partial charge is 0.264 e. The van der Waals surface area contributed by atoms with E-state index in [1.54, 1.807) is 36.5 Å². The Balaban J connectivity index is 1.39. The molecule has 37 heavy (non-hydrogen) atoms. The number of carbonyl (C=O) groups is 1. The molecule has 0 atom stereocenters. The number of hydrogen-bond acceptors (Lipinski definition) is 5. The number of sulfonamides is 1. The molecule has 9 heteroatoms. The van der Waals surface area contributed by atoms with Crippen LogP contribution in [0.25, 0.3) is 10.8 Å². The molecule has 1 aliphatic rings. The molecule has 1 N–H and O–H groups in total. The van der Waals surface area contributed by atoms with Crippen molar-refractivity contribution in [1.82, 2.24) is 5.43 Å². The predicted molar refractivity (Wildman–Crippen MR) is 146 cm³/mol. The van der Waals surface area contributed by atoms with Gasteiger partial charge in [-0.2, -0.15) is 5.10 Å². The zero-order valence-corrected chi connectivity index (χ0v) is 21.6. The lowest BCUT2D eigenvalue weighted by molar-refractivity contribution is -0.119. The van der Waals surface area contributed by atoms with Crippen LogP contribution in [0.15, 0.2) is 88.9 Å². The van der Waals surface area contributed by atoms with Crippen LogP contribution in [0.1, 0.15) is 16.7 Å². The maximum atomic E-state index is 13.5. The molecule has 0 saturated heterocycles. The van der Waals surface area contributed by atoms with Gasteiger partial charge in [0.1, 0.15) is 12.3 Å². The number of methoxy groups -OCH3 is 1. The molecule has 1 aliphatic carbocycles. The molecule has 0 saturated carbocycles. The van der Waals surface area contributed by atoms with Gasteiger partial charge in [0.2, 0.25) is 0 Å². The van der Waals surface area contributed by atoms with Crippen molar-refractivity contribution < 1.29 is 17.9 Å². The normalized spacial score (nSPS) is 12.7. The quantitative estimate of drug-likeness (QED) is 0.256. The molecule has 188 valence electrons. The summed E-state index contributed by atoms with van der Waals surface area (Å²) in [4.78, 5) is 12.9. The Kier molecular flexibility index (Phi) is 6.86. The Morgan fingerprint density at radius 1 is 1.03 bits per heavy atom. The molecule has 0 aromatic heterocycles. The molecule has 4 aromatic rings. The molecule has 0 unspecified atom stereocenters. The first-order chi connectivity index (χ1) is 17.9. The molecular weight excluding hydrogens is 510 g/mol. The van der Waals surface area contributed by atoms with E-state index in [4.69, 9.17) is 16.3 Å². The fourth-order valence-electron chi connectivity index (χ4n) is 4.54. The van der Waals surface area contributed by atoms with Crippen LogP contribution < -0.4 is 14.5 Å². The van der Waals surface area contributed by atoms with Gasteiger partial charge in [0.05, 0.1) is 23.9 Å². The van der Waals surface area contributed by atoms with Gasteiger partial charge in [0.25, 0.3) is 15.9 Å². The summed E-state index contributed by atoms with van der Waals surface area (Å²) in [5, 5.41) is 6.79. The highest BCUT2D eigenvalue weighted by Gasteiger charge is 2.27. The number of benzene rings is 4. The van der Waals surface area contributed by atoms with E-state index in [1.807, 2.05) is 18.2 Å². The second kappa shape index (κ2) is 10.2. The molecule has 4 aromatic carbocycles. The van der Waals surface area contributed by atoms with Crippen molar-refractivity contribution in [3.63, 3.8) is 0 Å². The highest BCUT2D eigenvalue weighted by molar-refractivity contribution is 7.92. The lowest BCUT2D eigenvalue weighted by Gasteiger charge is -2.24. The number of amides is 1. The van der Waals surface area contributed by atoms with E-state index in [0.29, 0.717) is 10.8 Å². The number of nitrogens with one attached hydrogen (secondary N) is 1. The molecular formula is C28H24ClN3O4S. The highest BCUT2D eigenvalue weighted by atomic mass is 35.5. The summed E-state index contributed by atoms with van der Waals surface area (Å²) in [5.41, 5.74) is 6.23. The number of hydrogen-bond donors (Lipinski definition) is 1. The fourth-order valence-corrected chi connectivity index (χ4v) is 6.14. The van der Waals surface area contributed by atoms with E-state index in [2.05, 4.69) is 22.7 Å². The summed E-state index contributed by atoms with van der Waals surface area (Å²) in [6, 6.07) is 22.5. The third-order valence-electron chi connectivity index (χ3n) is 6.33. The van der Waals surface area contributed by atoms with Gasteiger partial charge in [-0.15, -0.1) is 0 Å². The Labute approximate surface area is 220 Å². The van der Waals surface area contributed by atoms with E-state index >= 15 is 0 Å². The number of nitrogens with zero attached hydrogens (tertiary/aromatic N) is 2. The molecule has 0 heterocycles. The number of ether oxygens (including phenoxy) is 1. The Bertz CT molecular complexity index is 1610. The van der Waals surface area contributed by atoms with Gasteiger partial charge < -0.3 is 4.74 Å².